The summed E-state index contributed by atoms with van der Waals surface area (Å²) in [5.41, 5.74) is 4.42. The zero-order valence-electron chi connectivity index (χ0n) is 13.3. The average Bonchev–Trinajstić information content (AvgIpc) is 2.24. The third kappa shape index (κ3) is 8.44. The summed E-state index contributed by atoms with van der Waals surface area (Å²) in [6.45, 7) is 12.3. The predicted molar refractivity (Wildman–Crippen MR) is 72.4 cm³/mol. The van der Waals surface area contributed by atoms with Gasteiger partial charge in [0.25, 0.3) is 0 Å². The van der Waals surface area contributed by atoms with Crippen molar-refractivity contribution in [1.82, 2.24) is 0 Å². The molecule has 0 amide bonds. The Morgan fingerprint density at radius 2 is 1.35 bits per heavy atom. The molecule has 0 aliphatic rings. The molecule has 0 fully saturated rings. The van der Waals surface area contributed by atoms with Gasteiger partial charge in [-0.2, -0.15) is 0 Å². The molecule has 0 aliphatic carbocycles. The molecule has 0 aliphatic heterocycles. The van der Waals surface area contributed by atoms with Gasteiger partial charge in [0, 0.05) is 5.92 Å². The maximum atomic E-state index is 10.9. The van der Waals surface area contributed by atoms with E-state index in [9.17, 15) is 4.79 Å². The number of carboxylic acids is 1. The third-order valence-corrected chi connectivity index (χ3v) is 2.07. The Hall–Kier alpha value is -0.730. The highest BCUT2D eigenvalue weighted by molar-refractivity contribution is 5.73. The van der Waals surface area contributed by atoms with Crippen molar-refractivity contribution < 1.29 is 29.5 Å². The van der Waals surface area contributed by atoms with Crippen LogP contribution in [0.3, 0.4) is 0 Å². The Kier molecular flexibility index (Phi) is 7.06. The lowest BCUT2D eigenvalue weighted by Gasteiger charge is -2.29. The Morgan fingerprint density at radius 3 is 1.60 bits per heavy atom. The Balaban J connectivity index is 4.73. The Labute approximate surface area is 120 Å². The van der Waals surface area contributed by atoms with E-state index >= 15 is 0 Å². The van der Waals surface area contributed by atoms with Crippen LogP contribution >= 0.6 is 0 Å². The van der Waals surface area contributed by atoms with Crippen molar-refractivity contribution in [3.63, 3.8) is 0 Å². The molecular formula is C13H27NO6. The van der Waals surface area contributed by atoms with E-state index in [0.717, 1.165) is 0 Å². The second kappa shape index (κ2) is 7.33. The summed E-state index contributed by atoms with van der Waals surface area (Å²) in [7, 11) is 0. The van der Waals surface area contributed by atoms with Gasteiger partial charge in [-0.05, 0) is 41.5 Å². The van der Waals surface area contributed by atoms with Gasteiger partial charge >= 0.3 is 5.97 Å². The molecule has 0 heterocycles. The number of carbonyl (C=O) groups is 1. The van der Waals surface area contributed by atoms with Crippen LogP contribution in [-0.4, -0.2) is 34.6 Å². The second-order valence-electron chi connectivity index (χ2n) is 6.68. The van der Waals surface area contributed by atoms with E-state index in [1.807, 2.05) is 0 Å². The van der Waals surface area contributed by atoms with Gasteiger partial charge in [-0.3, -0.25) is 4.79 Å². The molecule has 20 heavy (non-hydrogen) atoms. The maximum absolute atomic E-state index is 10.9. The lowest BCUT2D eigenvalue weighted by molar-refractivity contribution is -0.505. The van der Waals surface area contributed by atoms with Crippen LogP contribution in [0, 0.1) is 5.92 Å². The second-order valence-corrected chi connectivity index (χ2v) is 6.68. The Morgan fingerprint density at radius 1 is 1.00 bits per heavy atom. The van der Waals surface area contributed by atoms with Crippen LogP contribution in [0.5, 0.6) is 0 Å². The highest BCUT2D eigenvalue weighted by Crippen LogP contribution is 2.20. The van der Waals surface area contributed by atoms with Crippen molar-refractivity contribution in [3.8, 4) is 0 Å². The molecule has 3 N–H and O–H groups in total. The van der Waals surface area contributed by atoms with E-state index in [1.165, 1.54) is 0 Å². The maximum Gasteiger partial charge on any atom is 0.320 e. The fourth-order valence-electron chi connectivity index (χ4n) is 0.969. The van der Waals surface area contributed by atoms with Crippen molar-refractivity contribution in [2.75, 3.05) is 0 Å². The van der Waals surface area contributed by atoms with Crippen LogP contribution in [0.25, 0.3) is 0 Å². The van der Waals surface area contributed by atoms with E-state index in [1.54, 1.807) is 48.5 Å². The molecule has 0 radical (unpaired) electrons. The first kappa shape index (κ1) is 19.3. The highest BCUT2D eigenvalue weighted by atomic mass is 17.3. The number of nitrogens with two attached hydrogens (primary N) is 1. The molecular weight excluding hydrogens is 266 g/mol. The summed E-state index contributed by atoms with van der Waals surface area (Å²) in [6, 6.07) is -1.16. The topological polar surface area (TPSA) is 100 Å². The molecule has 7 heteroatoms. The Bertz CT molecular complexity index is 289. The van der Waals surface area contributed by atoms with Crippen molar-refractivity contribution >= 4 is 5.97 Å². The summed E-state index contributed by atoms with van der Waals surface area (Å²) in [6.07, 6.45) is -1.06. The standard InChI is InChI=1S/C13H27NO6/c1-8(9(14)10(15)16)11(17-19-12(2,3)4)18-20-13(5,6)7/h8-9,11H,14H2,1-7H3,(H,15,16)/t8?,9-/m0/s1. The van der Waals surface area contributed by atoms with Gasteiger partial charge in [0.15, 0.2) is 0 Å². The van der Waals surface area contributed by atoms with E-state index in [4.69, 9.17) is 30.4 Å². The first-order chi connectivity index (χ1) is 8.83. The van der Waals surface area contributed by atoms with Crippen molar-refractivity contribution in [2.24, 2.45) is 11.7 Å². The minimum Gasteiger partial charge on any atom is -0.480 e. The van der Waals surface area contributed by atoms with Crippen molar-refractivity contribution in [2.45, 2.75) is 72.0 Å². The molecule has 1 unspecified atom stereocenters. The number of carboxylic acid groups (broad SMARTS) is 1. The first-order valence-corrected chi connectivity index (χ1v) is 6.51. The lowest BCUT2D eigenvalue weighted by atomic mass is 10.0. The summed E-state index contributed by atoms with van der Waals surface area (Å²) in [5, 5.41) is 8.94. The van der Waals surface area contributed by atoms with Crippen LogP contribution in [0.2, 0.25) is 0 Å². The molecule has 0 saturated heterocycles. The smallest absolute Gasteiger partial charge is 0.320 e. The largest absolute Gasteiger partial charge is 0.480 e. The molecule has 0 aromatic heterocycles. The SMILES string of the molecule is CC(C(OOC(C)(C)C)OOC(C)(C)C)[C@H](N)C(=O)O. The molecule has 120 valence electrons. The van der Waals surface area contributed by atoms with Crippen LogP contribution in [-0.2, 0) is 24.3 Å². The zero-order chi connectivity index (χ0) is 16.1. The van der Waals surface area contributed by atoms with E-state index < -0.39 is 35.4 Å². The number of hydrogen-bond acceptors (Lipinski definition) is 6. The van der Waals surface area contributed by atoms with Crippen LogP contribution in [0.1, 0.15) is 48.5 Å². The van der Waals surface area contributed by atoms with E-state index in [0.29, 0.717) is 0 Å². The zero-order valence-corrected chi connectivity index (χ0v) is 13.3. The van der Waals surface area contributed by atoms with Crippen molar-refractivity contribution in [3.05, 3.63) is 0 Å². The highest BCUT2D eigenvalue weighted by Gasteiger charge is 2.33. The molecule has 0 saturated carbocycles. The minimum absolute atomic E-state index is 0.573. The van der Waals surface area contributed by atoms with E-state index in [-0.39, 0.29) is 0 Å². The lowest BCUT2D eigenvalue weighted by Crippen LogP contribution is -2.45. The molecule has 7 nitrogen and oxygen atoms in total. The summed E-state index contributed by atoms with van der Waals surface area (Å²) < 4.78 is 0. The predicted octanol–water partition coefficient (Wildman–Crippen LogP) is 1.85. The number of rotatable bonds is 7. The molecule has 0 bridgehead atoms. The fraction of sp³-hybridized carbons (Fsp3) is 0.923. The van der Waals surface area contributed by atoms with Gasteiger partial charge in [-0.15, -0.1) is 0 Å². The van der Waals surface area contributed by atoms with Gasteiger partial charge in [0.05, 0.1) is 11.2 Å². The molecule has 0 aromatic carbocycles. The first-order valence-electron chi connectivity index (χ1n) is 6.51. The quantitative estimate of drug-likeness (QED) is 0.419. The fourth-order valence-corrected chi connectivity index (χ4v) is 0.969. The number of hydrogen-bond donors (Lipinski definition) is 2. The summed E-state index contributed by atoms with van der Waals surface area (Å²) in [5.74, 6) is -1.82. The van der Waals surface area contributed by atoms with Gasteiger partial charge in [-0.25, -0.2) is 19.6 Å². The average molecular weight is 293 g/mol. The van der Waals surface area contributed by atoms with Gasteiger partial charge in [-0.1, -0.05) is 6.92 Å². The van der Waals surface area contributed by atoms with Gasteiger partial charge in [0.2, 0.25) is 6.29 Å². The summed E-state index contributed by atoms with van der Waals surface area (Å²) >= 11 is 0. The van der Waals surface area contributed by atoms with E-state index in [2.05, 4.69) is 0 Å². The minimum atomic E-state index is -1.16. The molecule has 0 spiro atoms. The number of aliphatic carboxylic acids is 1. The van der Waals surface area contributed by atoms with Crippen molar-refractivity contribution in [1.29, 1.82) is 0 Å². The third-order valence-electron chi connectivity index (χ3n) is 2.07. The van der Waals surface area contributed by atoms with Crippen LogP contribution in [0.4, 0.5) is 0 Å². The van der Waals surface area contributed by atoms with Gasteiger partial charge in [0.1, 0.15) is 6.04 Å². The van der Waals surface area contributed by atoms with Crippen LogP contribution in [0.15, 0.2) is 0 Å². The molecule has 0 rings (SSSR count). The molecule has 0 aromatic rings. The molecule has 2 atom stereocenters. The monoisotopic (exact) mass is 293 g/mol. The van der Waals surface area contributed by atoms with Crippen LogP contribution < -0.4 is 5.73 Å². The van der Waals surface area contributed by atoms with Gasteiger partial charge < -0.3 is 10.8 Å². The normalized spacial score (nSPS) is 16.2. The summed E-state index contributed by atoms with van der Waals surface area (Å²) in [4.78, 5) is 31.5.